The molecule has 1 amide bonds. The molecule has 11 heteroatoms. The molecule has 3 aromatic rings. The van der Waals surface area contributed by atoms with Crippen molar-refractivity contribution >= 4 is 39.4 Å². The number of amides is 1. The molecule has 0 aliphatic rings. The van der Waals surface area contributed by atoms with E-state index >= 15 is 0 Å². The van der Waals surface area contributed by atoms with E-state index in [4.69, 9.17) is 21.1 Å². The molecular formula is C23H21ClFN3O5S. The normalized spacial score (nSPS) is 11.3. The molecule has 0 saturated carbocycles. The lowest BCUT2D eigenvalue weighted by molar-refractivity contribution is -0.119. The van der Waals surface area contributed by atoms with Crippen molar-refractivity contribution in [3.05, 3.63) is 83.1 Å². The zero-order valence-corrected chi connectivity index (χ0v) is 19.8. The molecule has 0 fully saturated rings. The zero-order chi connectivity index (χ0) is 24.7. The Bertz CT molecular complexity index is 1280. The molecule has 0 aromatic heterocycles. The molecule has 0 saturated heterocycles. The lowest BCUT2D eigenvalue weighted by Crippen LogP contribution is -2.39. The first-order valence-corrected chi connectivity index (χ1v) is 11.7. The van der Waals surface area contributed by atoms with Crippen molar-refractivity contribution in [2.45, 2.75) is 4.90 Å². The Kier molecular flexibility index (Phi) is 8.08. The quantitative estimate of drug-likeness (QED) is 0.352. The molecule has 8 nitrogen and oxygen atoms in total. The van der Waals surface area contributed by atoms with Gasteiger partial charge in [0, 0.05) is 11.6 Å². The summed E-state index contributed by atoms with van der Waals surface area (Å²) in [5.41, 5.74) is 2.45. The summed E-state index contributed by atoms with van der Waals surface area (Å²) in [6.07, 6.45) is 1.05. The number of carbonyl (C=O) groups is 1. The number of benzene rings is 3. The molecule has 178 valence electrons. The first-order valence-electron chi connectivity index (χ1n) is 9.83. The Balaban J connectivity index is 1.88. The third kappa shape index (κ3) is 5.64. The number of rotatable bonds is 9. The van der Waals surface area contributed by atoms with Crippen LogP contribution in [-0.2, 0) is 14.8 Å². The van der Waals surface area contributed by atoms with Gasteiger partial charge in [0.15, 0.2) is 11.5 Å². The second-order valence-electron chi connectivity index (χ2n) is 6.79. The summed E-state index contributed by atoms with van der Waals surface area (Å²) in [4.78, 5) is 12.5. The number of hydrazone groups is 1. The summed E-state index contributed by atoms with van der Waals surface area (Å²) in [6, 6.07) is 16.3. The fourth-order valence-corrected chi connectivity index (χ4v) is 4.63. The minimum Gasteiger partial charge on any atom is -0.493 e. The number of sulfonamides is 1. The van der Waals surface area contributed by atoms with E-state index in [1.807, 2.05) is 0 Å². The maximum absolute atomic E-state index is 13.9. The molecule has 0 radical (unpaired) electrons. The van der Waals surface area contributed by atoms with Crippen LogP contribution in [0.4, 0.5) is 10.1 Å². The Morgan fingerprint density at radius 1 is 1.06 bits per heavy atom. The summed E-state index contributed by atoms with van der Waals surface area (Å²) < 4.78 is 52.1. The smallest absolute Gasteiger partial charge is 0.264 e. The van der Waals surface area contributed by atoms with Gasteiger partial charge in [0.2, 0.25) is 0 Å². The Morgan fingerprint density at radius 3 is 2.41 bits per heavy atom. The van der Waals surface area contributed by atoms with Crippen LogP contribution in [0.25, 0.3) is 0 Å². The Labute approximate surface area is 201 Å². The largest absolute Gasteiger partial charge is 0.493 e. The van der Waals surface area contributed by atoms with Gasteiger partial charge in [-0.15, -0.1) is 0 Å². The molecule has 3 rings (SSSR count). The number of anilines is 1. The van der Waals surface area contributed by atoms with Crippen molar-refractivity contribution in [2.75, 3.05) is 25.1 Å². The fraction of sp³-hybridized carbons (Fsp3) is 0.130. The highest BCUT2D eigenvalue weighted by Gasteiger charge is 2.28. The van der Waals surface area contributed by atoms with Crippen LogP contribution in [0.3, 0.4) is 0 Å². The van der Waals surface area contributed by atoms with Crippen LogP contribution in [0, 0.1) is 5.82 Å². The predicted molar refractivity (Wildman–Crippen MR) is 128 cm³/mol. The molecule has 0 aliphatic carbocycles. The van der Waals surface area contributed by atoms with E-state index in [1.165, 1.54) is 50.6 Å². The molecule has 0 heterocycles. The Morgan fingerprint density at radius 2 is 1.76 bits per heavy atom. The van der Waals surface area contributed by atoms with Crippen LogP contribution in [-0.4, -0.2) is 41.3 Å². The topological polar surface area (TPSA) is 97.3 Å². The number of halogens is 2. The molecule has 0 bridgehead atoms. The van der Waals surface area contributed by atoms with Gasteiger partial charge in [0.1, 0.15) is 12.4 Å². The molecular weight excluding hydrogens is 485 g/mol. The van der Waals surface area contributed by atoms with Crippen LogP contribution < -0.4 is 19.2 Å². The number of methoxy groups -OCH3 is 2. The van der Waals surface area contributed by atoms with Crippen LogP contribution in [0.5, 0.6) is 11.5 Å². The van der Waals surface area contributed by atoms with Gasteiger partial charge in [-0.3, -0.25) is 9.10 Å². The average molecular weight is 506 g/mol. The number of carbonyl (C=O) groups excluding carboxylic acids is 1. The van der Waals surface area contributed by atoms with Gasteiger partial charge >= 0.3 is 0 Å². The van der Waals surface area contributed by atoms with E-state index < -0.39 is 28.3 Å². The first kappa shape index (κ1) is 25.0. The summed E-state index contributed by atoms with van der Waals surface area (Å²) in [6.45, 7) is -0.594. The van der Waals surface area contributed by atoms with E-state index in [9.17, 15) is 17.6 Å². The molecule has 3 aromatic carbocycles. The summed E-state index contributed by atoms with van der Waals surface area (Å²) >= 11 is 5.93. The first-order chi connectivity index (χ1) is 16.3. The summed E-state index contributed by atoms with van der Waals surface area (Å²) in [7, 11) is -1.38. The van der Waals surface area contributed by atoms with Crippen molar-refractivity contribution in [3.63, 3.8) is 0 Å². The van der Waals surface area contributed by atoms with E-state index in [2.05, 4.69) is 10.5 Å². The summed E-state index contributed by atoms with van der Waals surface area (Å²) in [5.74, 6) is -0.803. The minimum absolute atomic E-state index is 0.0117. The van der Waals surface area contributed by atoms with Gasteiger partial charge in [0.25, 0.3) is 15.9 Å². The van der Waals surface area contributed by atoms with E-state index in [1.54, 1.807) is 30.3 Å². The second kappa shape index (κ2) is 11.0. The van der Waals surface area contributed by atoms with Crippen molar-refractivity contribution in [1.29, 1.82) is 0 Å². The maximum Gasteiger partial charge on any atom is 0.264 e. The SMILES string of the molecule is COc1ccc(S(=O)(=O)N(CC(=O)N/N=C\c2c(F)cccc2Cl)c2ccccc2)cc1OC. The van der Waals surface area contributed by atoms with Crippen molar-refractivity contribution in [2.24, 2.45) is 5.10 Å². The molecule has 1 N–H and O–H groups in total. The van der Waals surface area contributed by atoms with Crippen LogP contribution in [0.15, 0.2) is 76.7 Å². The molecule has 0 aliphatic heterocycles. The highest BCUT2D eigenvalue weighted by Crippen LogP contribution is 2.32. The molecule has 0 unspecified atom stereocenters. The van der Waals surface area contributed by atoms with Gasteiger partial charge < -0.3 is 9.47 Å². The van der Waals surface area contributed by atoms with E-state index in [0.29, 0.717) is 5.75 Å². The highest BCUT2D eigenvalue weighted by atomic mass is 35.5. The van der Waals surface area contributed by atoms with Crippen molar-refractivity contribution in [3.8, 4) is 11.5 Å². The third-order valence-electron chi connectivity index (χ3n) is 4.66. The van der Waals surface area contributed by atoms with Crippen molar-refractivity contribution < 1.29 is 27.1 Å². The van der Waals surface area contributed by atoms with Gasteiger partial charge in [-0.2, -0.15) is 5.10 Å². The summed E-state index contributed by atoms with van der Waals surface area (Å²) in [5, 5.41) is 3.82. The second-order valence-corrected chi connectivity index (χ2v) is 9.06. The van der Waals surface area contributed by atoms with Crippen LogP contribution in [0.2, 0.25) is 5.02 Å². The van der Waals surface area contributed by atoms with Gasteiger partial charge in [-0.1, -0.05) is 35.9 Å². The lowest BCUT2D eigenvalue weighted by atomic mass is 10.2. The fourth-order valence-electron chi connectivity index (χ4n) is 2.98. The van der Waals surface area contributed by atoms with E-state index in [0.717, 1.165) is 10.5 Å². The van der Waals surface area contributed by atoms with Crippen molar-refractivity contribution in [1.82, 2.24) is 5.43 Å². The number of hydrogen-bond donors (Lipinski definition) is 1. The number of hydrogen-bond acceptors (Lipinski definition) is 6. The number of para-hydroxylation sites is 1. The Hall–Kier alpha value is -3.63. The number of nitrogens with one attached hydrogen (secondary N) is 1. The average Bonchev–Trinajstić information content (AvgIpc) is 2.84. The van der Waals surface area contributed by atoms with E-state index in [-0.39, 0.29) is 26.9 Å². The van der Waals surface area contributed by atoms with Crippen LogP contribution >= 0.6 is 11.6 Å². The monoisotopic (exact) mass is 505 g/mol. The highest BCUT2D eigenvalue weighted by molar-refractivity contribution is 7.92. The van der Waals surface area contributed by atoms with Gasteiger partial charge in [-0.25, -0.2) is 18.2 Å². The van der Waals surface area contributed by atoms with Crippen LogP contribution in [0.1, 0.15) is 5.56 Å². The third-order valence-corrected chi connectivity index (χ3v) is 6.76. The van der Waals surface area contributed by atoms with Gasteiger partial charge in [-0.05, 0) is 36.4 Å². The molecule has 0 spiro atoms. The minimum atomic E-state index is -4.19. The zero-order valence-electron chi connectivity index (χ0n) is 18.2. The number of nitrogens with zero attached hydrogens (tertiary/aromatic N) is 2. The molecule has 0 atom stereocenters. The van der Waals surface area contributed by atoms with Gasteiger partial charge in [0.05, 0.1) is 36.0 Å². The number of ether oxygens (including phenoxy) is 2. The molecule has 34 heavy (non-hydrogen) atoms. The maximum atomic E-state index is 13.9. The lowest BCUT2D eigenvalue weighted by Gasteiger charge is -2.24. The predicted octanol–water partition coefficient (Wildman–Crippen LogP) is 3.84. The standard InChI is InChI=1S/C23H21ClFN3O5S/c1-32-21-12-11-17(13-22(21)33-2)34(30,31)28(16-7-4-3-5-8-16)15-23(29)27-26-14-18-19(24)9-6-10-20(18)25/h3-14H,15H2,1-2H3,(H,27,29)/b26-14-.